The average molecular weight is 293 g/mol. The van der Waals surface area contributed by atoms with Crippen molar-refractivity contribution >= 4 is 17.2 Å². The molecule has 0 aromatic carbocycles. The second-order valence-electron chi connectivity index (χ2n) is 4.86. The number of thiophene rings is 1. The second kappa shape index (κ2) is 7.44. The minimum absolute atomic E-state index is 0.0570. The monoisotopic (exact) mass is 293 g/mol. The lowest BCUT2D eigenvalue weighted by Crippen LogP contribution is -2.38. The number of carbonyl (C=O) groups is 1. The van der Waals surface area contributed by atoms with Gasteiger partial charge in [-0.3, -0.25) is 4.79 Å². The van der Waals surface area contributed by atoms with Crippen LogP contribution in [0.5, 0.6) is 0 Å². The van der Waals surface area contributed by atoms with Crippen LogP contribution in [0.1, 0.15) is 33.8 Å². The van der Waals surface area contributed by atoms with Crippen LogP contribution in [0, 0.1) is 17.8 Å². The fraction of sp³-hybridized carbons (Fsp3) is 0.533. The van der Waals surface area contributed by atoms with Crippen molar-refractivity contribution in [2.24, 2.45) is 5.92 Å². The van der Waals surface area contributed by atoms with Crippen molar-refractivity contribution in [1.29, 1.82) is 0 Å². The first-order valence-corrected chi connectivity index (χ1v) is 7.66. The molecule has 1 aliphatic heterocycles. The third-order valence-corrected chi connectivity index (χ3v) is 4.41. The van der Waals surface area contributed by atoms with Crippen molar-refractivity contribution in [3.05, 3.63) is 21.9 Å². The molecule has 1 aliphatic rings. The van der Waals surface area contributed by atoms with Gasteiger partial charge in [0.2, 0.25) is 0 Å². The van der Waals surface area contributed by atoms with Gasteiger partial charge in [-0.1, -0.05) is 11.8 Å². The molecule has 1 aromatic heterocycles. The van der Waals surface area contributed by atoms with Gasteiger partial charge in [0.25, 0.3) is 5.91 Å². The van der Waals surface area contributed by atoms with Crippen LogP contribution in [0.2, 0.25) is 0 Å². The topological polar surface area (TPSA) is 60.8 Å². The first-order valence-electron chi connectivity index (χ1n) is 6.84. The normalized spacial score (nSPS) is 15.8. The van der Waals surface area contributed by atoms with E-state index in [1.165, 1.54) is 11.3 Å². The fourth-order valence-electron chi connectivity index (χ4n) is 2.20. The van der Waals surface area contributed by atoms with E-state index in [4.69, 9.17) is 10.2 Å². The molecule has 0 aliphatic carbocycles. The van der Waals surface area contributed by atoms with Crippen LogP contribution in [0.4, 0.5) is 0 Å². The number of piperidine rings is 1. The van der Waals surface area contributed by atoms with Crippen LogP contribution in [0.3, 0.4) is 0 Å². The highest BCUT2D eigenvalue weighted by Gasteiger charge is 2.23. The quantitative estimate of drug-likeness (QED) is 0.827. The Morgan fingerprint density at radius 2 is 2.10 bits per heavy atom. The van der Waals surface area contributed by atoms with Crippen molar-refractivity contribution in [3.63, 3.8) is 0 Å². The zero-order valence-corrected chi connectivity index (χ0v) is 12.2. The molecule has 5 heteroatoms. The molecular formula is C15H19NO3S. The van der Waals surface area contributed by atoms with E-state index in [0.29, 0.717) is 30.3 Å². The summed E-state index contributed by atoms with van der Waals surface area (Å²) in [5.41, 5.74) is 0. The number of likely N-dealkylation sites (tertiary alicyclic amines) is 1. The summed E-state index contributed by atoms with van der Waals surface area (Å²) in [6.07, 6.45) is 2.20. The standard InChI is InChI=1S/C15H19NO3S/c17-10-2-1-3-13-4-5-14(20-13)15(19)16-8-6-12(11-18)7-9-16/h4-5,12,17-18H,2,6-11H2. The van der Waals surface area contributed by atoms with Crippen LogP contribution in [-0.4, -0.2) is 47.3 Å². The van der Waals surface area contributed by atoms with Gasteiger partial charge in [-0.25, -0.2) is 0 Å². The average Bonchev–Trinajstić information content (AvgIpc) is 2.96. The van der Waals surface area contributed by atoms with Crippen molar-refractivity contribution in [3.8, 4) is 11.8 Å². The van der Waals surface area contributed by atoms with E-state index in [9.17, 15) is 4.79 Å². The number of hydrogen-bond acceptors (Lipinski definition) is 4. The Balaban J connectivity index is 1.95. The molecule has 1 saturated heterocycles. The molecule has 108 valence electrons. The Kier molecular flexibility index (Phi) is 5.60. The summed E-state index contributed by atoms with van der Waals surface area (Å²) in [4.78, 5) is 15.7. The lowest BCUT2D eigenvalue weighted by molar-refractivity contribution is 0.0655. The van der Waals surface area contributed by atoms with E-state index in [1.54, 1.807) is 0 Å². The van der Waals surface area contributed by atoms with E-state index in [2.05, 4.69) is 11.8 Å². The Morgan fingerprint density at radius 1 is 1.35 bits per heavy atom. The second-order valence-corrected chi connectivity index (χ2v) is 5.94. The third-order valence-electron chi connectivity index (χ3n) is 3.43. The van der Waals surface area contributed by atoms with Crippen molar-refractivity contribution < 1.29 is 15.0 Å². The van der Waals surface area contributed by atoms with E-state index < -0.39 is 0 Å². The number of amides is 1. The molecule has 2 rings (SSSR count). The minimum Gasteiger partial charge on any atom is -0.396 e. The van der Waals surface area contributed by atoms with Gasteiger partial charge in [0.15, 0.2) is 0 Å². The highest BCUT2D eigenvalue weighted by atomic mass is 32.1. The molecule has 0 saturated carbocycles. The zero-order valence-electron chi connectivity index (χ0n) is 11.3. The van der Waals surface area contributed by atoms with E-state index in [-0.39, 0.29) is 19.1 Å². The molecule has 0 spiro atoms. The van der Waals surface area contributed by atoms with Crippen molar-refractivity contribution in [2.45, 2.75) is 19.3 Å². The molecular weight excluding hydrogens is 274 g/mol. The smallest absolute Gasteiger partial charge is 0.263 e. The molecule has 2 N–H and O–H groups in total. The lowest BCUT2D eigenvalue weighted by atomic mass is 9.98. The lowest BCUT2D eigenvalue weighted by Gasteiger charge is -2.30. The van der Waals surface area contributed by atoms with E-state index >= 15 is 0 Å². The van der Waals surface area contributed by atoms with Gasteiger partial charge in [-0.2, -0.15) is 0 Å². The summed E-state index contributed by atoms with van der Waals surface area (Å²) in [6, 6.07) is 3.66. The Bertz CT molecular complexity index is 507. The number of hydrogen-bond donors (Lipinski definition) is 2. The van der Waals surface area contributed by atoms with E-state index in [1.807, 2.05) is 17.0 Å². The van der Waals surface area contributed by atoms with Crippen molar-refractivity contribution in [2.75, 3.05) is 26.3 Å². The predicted molar refractivity (Wildman–Crippen MR) is 78.6 cm³/mol. The highest BCUT2D eigenvalue weighted by Crippen LogP contribution is 2.22. The minimum atomic E-state index is 0.0570. The predicted octanol–water partition coefficient (Wildman–Crippen LogP) is 1.33. The molecule has 20 heavy (non-hydrogen) atoms. The summed E-state index contributed by atoms with van der Waals surface area (Å²) >= 11 is 1.40. The van der Waals surface area contributed by atoms with Crippen LogP contribution in [-0.2, 0) is 0 Å². The maximum atomic E-state index is 12.3. The summed E-state index contributed by atoms with van der Waals surface area (Å²) in [5, 5.41) is 17.8. The van der Waals surface area contributed by atoms with Gasteiger partial charge >= 0.3 is 0 Å². The Labute approximate surface area is 123 Å². The Hall–Kier alpha value is -1.35. The largest absolute Gasteiger partial charge is 0.396 e. The number of nitrogens with zero attached hydrogens (tertiary/aromatic N) is 1. The van der Waals surface area contributed by atoms with Crippen LogP contribution >= 0.6 is 11.3 Å². The first kappa shape index (κ1) is 15.0. The fourth-order valence-corrected chi connectivity index (χ4v) is 3.05. The van der Waals surface area contributed by atoms with Crippen molar-refractivity contribution in [1.82, 2.24) is 4.90 Å². The SMILES string of the molecule is O=C(c1ccc(C#CCCO)s1)N1CCC(CO)CC1. The number of rotatable bonds is 3. The molecule has 0 radical (unpaired) electrons. The van der Waals surface area contributed by atoms with Crippen LogP contribution in [0.25, 0.3) is 0 Å². The van der Waals surface area contributed by atoms with Gasteiger partial charge in [0.05, 0.1) is 16.4 Å². The molecule has 0 atom stereocenters. The number of carbonyl (C=O) groups excluding carboxylic acids is 1. The molecule has 1 fully saturated rings. The van der Waals surface area contributed by atoms with Gasteiger partial charge in [-0.15, -0.1) is 11.3 Å². The molecule has 0 bridgehead atoms. The van der Waals surface area contributed by atoms with Crippen LogP contribution in [0.15, 0.2) is 12.1 Å². The van der Waals surface area contributed by atoms with Gasteiger partial charge in [0.1, 0.15) is 0 Å². The first-order chi connectivity index (χ1) is 9.74. The number of aliphatic hydroxyl groups excluding tert-OH is 2. The molecule has 0 unspecified atom stereocenters. The van der Waals surface area contributed by atoms with Crippen LogP contribution < -0.4 is 0 Å². The molecule has 1 aromatic rings. The molecule has 2 heterocycles. The van der Waals surface area contributed by atoms with Gasteiger partial charge < -0.3 is 15.1 Å². The number of aliphatic hydroxyl groups is 2. The summed E-state index contributed by atoms with van der Waals surface area (Å²) in [5.74, 6) is 6.19. The van der Waals surface area contributed by atoms with E-state index in [0.717, 1.165) is 17.7 Å². The maximum Gasteiger partial charge on any atom is 0.263 e. The third kappa shape index (κ3) is 3.83. The van der Waals surface area contributed by atoms with Gasteiger partial charge in [-0.05, 0) is 30.9 Å². The summed E-state index contributed by atoms with van der Waals surface area (Å²) in [7, 11) is 0. The zero-order chi connectivity index (χ0) is 14.4. The maximum absolute atomic E-state index is 12.3. The summed E-state index contributed by atoms with van der Waals surface area (Å²) in [6.45, 7) is 1.70. The summed E-state index contributed by atoms with van der Waals surface area (Å²) < 4.78 is 0. The molecule has 1 amide bonds. The van der Waals surface area contributed by atoms with Gasteiger partial charge in [0, 0.05) is 26.1 Å². The Morgan fingerprint density at radius 3 is 2.75 bits per heavy atom. The molecule has 4 nitrogen and oxygen atoms in total. The highest BCUT2D eigenvalue weighted by molar-refractivity contribution is 7.14.